The molecule has 0 unspecified atom stereocenters. The van der Waals surface area contributed by atoms with E-state index in [2.05, 4.69) is 5.32 Å². The average molecular weight is 218 g/mol. The van der Waals surface area contributed by atoms with Crippen molar-refractivity contribution in [3.8, 4) is 6.07 Å². The van der Waals surface area contributed by atoms with Gasteiger partial charge < -0.3 is 10.4 Å². The van der Waals surface area contributed by atoms with Gasteiger partial charge in [-0.3, -0.25) is 0 Å². The third kappa shape index (κ3) is 2.51. The molecule has 0 aliphatic heterocycles. The third-order valence-electron chi connectivity index (χ3n) is 2.35. The summed E-state index contributed by atoms with van der Waals surface area (Å²) in [4.78, 5) is 11.0. The Bertz CT molecular complexity index is 459. The summed E-state index contributed by atoms with van der Waals surface area (Å²) in [6, 6.07) is 7.17. The maximum atomic E-state index is 11.0. The zero-order valence-corrected chi connectivity index (χ0v) is 9.53. The number of carboxylic acids is 1. The molecule has 1 rings (SSSR count). The number of nitrogens with one attached hydrogen (secondary N) is 1. The van der Waals surface area contributed by atoms with E-state index in [1.54, 1.807) is 32.0 Å². The number of aliphatic carboxylic acids is 1. The van der Waals surface area contributed by atoms with Crippen LogP contribution in [0.25, 0.3) is 0 Å². The molecule has 0 spiro atoms. The predicted octanol–water partition coefficient (Wildman–Crippen LogP) is 2.14. The molecule has 0 heterocycles. The predicted molar refractivity (Wildman–Crippen MR) is 61.2 cm³/mol. The summed E-state index contributed by atoms with van der Waals surface area (Å²) >= 11 is 0. The summed E-state index contributed by atoms with van der Waals surface area (Å²) in [6.45, 7) is 5.02. The van der Waals surface area contributed by atoms with E-state index < -0.39 is 11.5 Å². The van der Waals surface area contributed by atoms with E-state index in [0.717, 1.165) is 5.56 Å². The van der Waals surface area contributed by atoms with Crippen LogP contribution in [0.2, 0.25) is 0 Å². The van der Waals surface area contributed by atoms with Gasteiger partial charge in [0.1, 0.15) is 5.54 Å². The van der Waals surface area contributed by atoms with Gasteiger partial charge in [0, 0.05) is 5.69 Å². The van der Waals surface area contributed by atoms with Gasteiger partial charge in [-0.25, -0.2) is 4.79 Å². The Labute approximate surface area is 94.5 Å². The van der Waals surface area contributed by atoms with Gasteiger partial charge in [0.05, 0.1) is 11.6 Å². The zero-order valence-electron chi connectivity index (χ0n) is 9.53. The maximum Gasteiger partial charge on any atom is 0.328 e. The topological polar surface area (TPSA) is 73.1 Å². The zero-order chi connectivity index (χ0) is 12.3. The van der Waals surface area contributed by atoms with Crippen LogP contribution in [0, 0.1) is 18.3 Å². The van der Waals surface area contributed by atoms with Crippen molar-refractivity contribution < 1.29 is 9.90 Å². The molecule has 4 nitrogen and oxygen atoms in total. The number of carbonyl (C=O) groups is 1. The molecule has 84 valence electrons. The minimum Gasteiger partial charge on any atom is -0.480 e. The van der Waals surface area contributed by atoms with E-state index >= 15 is 0 Å². The molecule has 0 saturated heterocycles. The Morgan fingerprint density at radius 3 is 2.62 bits per heavy atom. The molecule has 0 aliphatic rings. The fraction of sp³-hybridized carbons (Fsp3) is 0.333. The Morgan fingerprint density at radius 2 is 2.12 bits per heavy atom. The van der Waals surface area contributed by atoms with Gasteiger partial charge >= 0.3 is 5.97 Å². The first-order chi connectivity index (χ1) is 7.36. The molecule has 0 aromatic heterocycles. The van der Waals surface area contributed by atoms with Gasteiger partial charge in [-0.15, -0.1) is 0 Å². The van der Waals surface area contributed by atoms with Crippen LogP contribution in [0.4, 0.5) is 5.69 Å². The van der Waals surface area contributed by atoms with E-state index in [1.165, 1.54) is 0 Å². The second-order valence-electron chi connectivity index (χ2n) is 4.20. The fourth-order valence-electron chi connectivity index (χ4n) is 1.22. The summed E-state index contributed by atoms with van der Waals surface area (Å²) < 4.78 is 0. The maximum absolute atomic E-state index is 11.0. The van der Waals surface area contributed by atoms with Crippen molar-refractivity contribution in [3.63, 3.8) is 0 Å². The quantitative estimate of drug-likeness (QED) is 0.815. The molecule has 0 amide bonds. The summed E-state index contributed by atoms with van der Waals surface area (Å²) in [6.07, 6.45) is 0. The lowest BCUT2D eigenvalue weighted by atomic mass is 10.0. The summed E-state index contributed by atoms with van der Waals surface area (Å²) in [5.41, 5.74) is 1.04. The molecule has 4 heteroatoms. The monoisotopic (exact) mass is 218 g/mol. The Kier molecular flexibility index (Phi) is 3.19. The van der Waals surface area contributed by atoms with Gasteiger partial charge in [-0.1, -0.05) is 6.07 Å². The number of nitrogens with zero attached hydrogens (tertiary/aromatic N) is 1. The van der Waals surface area contributed by atoms with Crippen LogP contribution in [0.1, 0.15) is 25.0 Å². The van der Waals surface area contributed by atoms with Crippen LogP contribution >= 0.6 is 0 Å². The third-order valence-corrected chi connectivity index (χ3v) is 2.35. The van der Waals surface area contributed by atoms with Crippen molar-refractivity contribution in [2.45, 2.75) is 26.3 Å². The smallest absolute Gasteiger partial charge is 0.328 e. The van der Waals surface area contributed by atoms with Crippen molar-refractivity contribution in [2.24, 2.45) is 0 Å². The van der Waals surface area contributed by atoms with Crippen LogP contribution in [-0.4, -0.2) is 16.6 Å². The summed E-state index contributed by atoms with van der Waals surface area (Å²) in [5, 5.41) is 20.7. The molecular weight excluding hydrogens is 204 g/mol. The molecule has 0 aliphatic carbocycles. The van der Waals surface area contributed by atoms with E-state index in [1.807, 2.05) is 13.0 Å². The van der Waals surface area contributed by atoms with Crippen molar-refractivity contribution in [1.82, 2.24) is 0 Å². The van der Waals surface area contributed by atoms with E-state index in [-0.39, 0.29) is 0 Å². The number of carboxylic acid groups (broad SMARTS) is 1. The molecule has 2 N–H and O–H groups in total. The molecule has 16 heavy (non-hydrogen) atoms. The molecular formula is C12H14N2O2. The summed E-state index contributed by atoms with van der Waals surface area (Å²) in [5.74, 6) is -0.936. The Hall–Kier alpha value is -2.02. The van der Waals surface area contributed by atoms with Crippen LogP contribution in [-0.2, 0) is 4.79 Å². The Morgan fingerprint density at radius 1 is 1.50 bits per heavy atom. The molecule has 0 radical (unpaired) electrons. The summed E-state index contributed by atoms with van der Waals surface area (Å²) in [7, 11) is 0. The largest absolute Gasteiger partial charge is 0.480 e. The average Bonchev–Trinajstić information content (AvgIpc) is 2.21. The van der Waals surface area contributed by atoms with Gasteiger partial charge in [0.25, 0.3) is 0 Å². The van der Waals surface area contributed by atoms with Crippen LogP contribution in [0.15, 0.2) is 18.2 Å². The standard InChI is InChI=1S/C12H14N2O2/c1-8-4-5-9(7-13)6-10(8)14-12(2,3)11(15)16/h4-6,14H,1-3H3,(H,15,16). The van der Waals surface area contributed by atoms with Crippen molar-refractivity contribution >= 4 is 11.7 Å². The molecule has 0 fully saturated rings. The van der Waals surface area contributed by atoms with Gasteiger partial charge in [-0.2, -0.15) is 5.26 Å². The highest BCUT2D eigenvalue weighted by Gasteiger charge is 2.27. The highest BCUT2D eigenvalue weighted by molar-refractivity contribution is 5.82. The van der Waals surface area contributed by atoms with E-state index in [0.29, 0.717) is 11.3 Å². The highest BCUT2D eigenvalue weighted by Crippen LogP contribution is 2.21. The molecule has 0 bridgehead atoms. The SMILES string of the molecule is Cc1ccc(C#N)cc1NC(C)(C)C(=O)O. The number of benzene rings is 1. The molecule has 1 aromatic carbocycles. The van der Waals surface area contributed by atoms with Crippen LogP contribution in [0.3, 0.4) is 0 Å². The number of nitriles is 1. The lowest BCUT2D eigenvalue weighted by Gasteiger charge is -2.23. The van der Waals surface area contributed by atoms with Crippen molar-refractivity contribution in [2.75, 3.05) is 5.32 Å². The number of hydrogen-bond acceptors (Lipinski definition) is 3. The van der Waals surface area contributed by atoms with Gasteiger partial charge in [0.2, 0.25) is 0 Å². The van der Waals surface area contributed by atoms with Gasteiger partial charge in [0.15, 0.2) is 0 Å². The normalized spacial score (nSPS) is 10.6. The first-order valence-electron chi connectivity index (χ1n) is 4.89. The number of anilines is 1. The minimum absolute atomic E-state index is 0.509. The van der Waals surface area contributed by atoms with Crippen molar-refractivity contribution in [3.05, 3.63) is 29.3 Å². The lowest BCUT2D eigenvalue weighted by molar-refractivity contribution is -0.141. The molecule has 0 atom stereocenters. The second kappa shape index (κ2) is 4.23. The van der Waals surface area contributed by atoms with Crippen molar-refractivity contribution in [1.29, 1.82) is 5.26 Å². The first kappa shape index (κ1) is 12.1. The van der Waals surface area contributed by atoms with Gasteiger partial charge in [-0.05, 0) is 38.5 Å². The molecule has 0 saturated carbocycles. The fourth-order valence-corrected chi connectivity index (χ4v) is 1.22. The molecule has 1 aromatic rings. The number of aryl methyl sites for hydroxylation is 1. The highest BCUT2D eigenvalue weighted by atomic mass is 16.4. The van der Waals surface area contributed by atoms with E-state index in [9.17, 15) is 4.79 Å². The van der Waals surface area contributed by atoms with E-state index in [4.69, 9.17) is 10.4 Å². The number of rotatable bonds is 3. The lowest BCUT2D eigenvalue weighted by Crippen LogP contribution is -2.40. The first-order valence-corrected chi connectivity index (χ1v) is 4.89. The number of hydrogen-bond donors (Lipinski definition) is 2. The Balaban J connectivity index is 3.06. The minimum atomic E-state index is -1.06. The second-order valence-corrected chi connectivity index (χ2v) is 4.20. The van der Waals surface area contributed by atoms with Crippen LogP contribution in [0.5, 0.6) is 0 Å². The van der Waals surface area contributed by atoms with Crippen LogP contribution < -0.4 is 5.32 Å².